The average molecular weight is 449 g/mol. The molecule has 0 bridgehead atoms. The van der Waals surface area contributed by atoms with Crippen molar-refractivity contribution < 1.29 is 13.5 Å². The molecule has 0 aliphatic heterocycles. The minimum absolute atomic E-state index is 0.0533. The van der Waals surface area contributed by atoms with Crippen LogP contribution in [0, 0.1) is 0 Å². The lowest BCUT2D eigenvalue weighted by molar-refractivity contribution is 0.482. The number of thiophene rings is 1. The van der Waals surface area contributed by atoms with Gasteiger partial charge in [0.05, 0.1) is 21.8 Å². The molecule has 2 aromatic heterocycles. The van der Waals surface area contributed by atoms with Crippen LogP contribution in [0.3, 0.4) is 0 Å². The van der Waals surface area contributed by atoms with Gasteiger partial charge in [-0.1, -0.05) is 41.9 Å². The van der Waals surface area contributed by atoms with E-state index in [1.807, 2.05) is 24.3 Å². The molecule has 2 heterocycles. The number of phenols is 1. The second-order valence-corrected chi connectivity index (χ2v) is 9.99. The van der Waals surface area contributed by atoms with Crippen LogP contribution >= 0.6 is 22.9 Å². The lowest BCUT2D eigenvalue weighted by Gasteiger charge is -2.06. The third-order valence-electron chi connectivity index (χ3n) is 4.36. The van der Waals surface area contributed by atoms with Gasteiger partial charge in [-0.3, -0.25) is 9.40 Å². The molecule has 0 amide bonds. The highest BCUT2D eigenvalue weighted by atomic mass is 35.5. The molecule has 7 nitrogen and oxygen atoms in total. The molecule has 0 saturated heterocycles. The maximum atomic E-state index is 12.7. The van der Waals surface area contributed by atoms with Crippen LogP contribution in [0.1, 0.15) is 11.1 Å². The number of halogens is 1. The number of hydrogen-bond acceptors (Lipinski definition) is 6. The first-order valence-electron chi connectivity index (χ1n) is 8.62. The first-order valence-corrected chi connectivity index (χ1v) is 11.3. The van der Waals surface area contributed by atoms with E-state index < -0.39 is 10.0 Å². The Morgan fingerprint density at radius 2 is 1.90 bits per heavy atom. The molecule has 0 fully saturated rings. The summed E-state index contributed by atoms with van der Waals surface area (Å²) >= 11 is 6.81. The SMILES string of the molecule is NCc1cccc(Cn2nc(NS(=O)(=O)c3ccc(Cl)s3)c3c(O)cccc32)c1. The number of rotatable bonds is 6. The summed E-state index contributed by atoms with van der Waals surface area (Å²) in [7, 11) is -3.89. The van der Waals surface area contributed by atoms with Gasteiger partial charge in [0.1, 0.15) is 9.96 Å². The normalized spacial score (nSPS) is 11.8. The van der Waals surface area contributed by atoms with Crippen molar-refractivity contribution in [2.75, 3.05) is 4.72 Å². The van der Waals surface area contributed by atoms with Crippen molar-refractivity contribution in [3.63, 3.8) is 0 Å². The van der Waals surface area contributed by atoms with Crippen molar-refractivity contribution >= 4 is 49.7 Å². The van der Waals surface area contributed by atoms with Gasteiger partial charge in [0.15, 0.2) is 5.82 Å². The van der Waals surface area contributed by atoms with E-state index in [1.54, 1.807) is 16.8 Å². The lowest BCUT2D eigenvalue weighted by Crippen LogP contribution is -2.12. The average Bonchev–Trinajstić information content (AvgIpc) is 3.27. The van der Waals surface area contributed by atoms with E-state index in [1.165, 1.54) is 18.2 Å². The van der Waals surface area contributed by atoms with Gasteiger partial charge in [0.2, 0.25) is 0 Å². The Labute approximate surface area is 176 Å². The van der Waals surface area contributed by atoms with Crippen LogP contribution in [0.5, 0.6) is 5.75 Å². The van der Waals surface area contributed by atoms with Crippen molar-refractivity contribution in [3.8, 4) is 5.75 Å². The summed E-state index contributed by atoms with van der Waals surface area (Å²) in [6.07, 6.45) is 0. The summed E-state index contributed by atoms with van der Waals surface area (Å²) in [6, 6.07) is 15.6. The second kappa shape index (κ2) is 7.68. The minimum atomic E-state index is -3.89. The highest BCUT2D eigenvalue weighted by molar-refractivity contribution is 7.94. The van der Waals surface area contributed by atoms with Crippen molar-refractivity contribution in [2.45, 2.75) is 17.3 Å². The predicted molar refractivity (Wildman–Crippen MR) is 115 cm³/mol. The van der Waals surface area contributed by atoms with Crippen LogP contribution in [0.4, 0.5) is 5.82 Å². The van der Waals surface area contributed by atoms with E-state index in [2.05, 4.69) is 9.82 Å². The molecule has 0 aliphatic rings. The monoisotopic (exact) mass is 448 g/mol. The van der Waals surface area contributed by atoms with Crippen LogP contribution < -0.4 is 10.5 Å². The number of hydrogen-bond donors (Lipinski definition) is 3. The van der Waals surface area contributed by atoms with Crippen LogP contribution in [0.15, 0.2) is 58.8 Å². The molecule has 150 valence electrons. The number of aromatic nitrogens is 2. The molecule has 29 heavy (non-hydrogen) atoms. The Hall–Kier alpha value is -2.59. The van der Waals surface area contributed by atoms with Gasteiger partial charge < -0.3 is 10.8 Å². The first kappa shape index (κ1) is 19.7. The topological polar surface area (TPSA) is 110 Å². The number of nitrogens with zero attached hydrogens (tertiary/aromatic N) is 2. The predicted octanol–water partition coefficient (Wildman–Crippen LogP) is 3.76. The van der Waals surface area contributed by atoms with E-state index in [0.717, 1.165) is 22.5 Å². The van der Waals surface area contributed by atoms with Gasteiger partial charge in [-0.05, 0) is 35.4 Å². The molecule has 4 aromatic rings. The highest BCUT2D eigenvalue weighted by Gasteiger charge is 2.22. The molecular formula is C19H17ClN4O3S2. The van der Waals surface area contributed by atoms with Gasteiger partial charge >= 0.3 is 0 Å². The van der Waals surface area contributed by atoms with Crippen molar-refractivity contribution in [1.29, 1.82) is 0 Å². The largest absolute Gasteiger partial charge is 0.507 e. The fourth-order valence-electron chi connectivity index (χ4n) is 3.05. The second-order valence-electron chi connectivity index (χ2n) is 6.37. The highest BCUT2D eigenvalue weighted by Crippen LogP contribution is 2.34. The van der Waals surface area contributed by atoms with Crippen molar-refractivity contribution in [3.05, 3.63) is 70.1 Å². The van der Waals surface area contributed by atoms with Crippen molar-refractivity contribution in [2.24, 2.45) is 5.73 Å². The maximum Gasteiger partial charge on any atom is 0.272 e. The molecule has 2 aromatic carbocycles. The van der Waals surface area contributed by atoms with Crippen LogP contribution in [-0.2, 0) is 23.1 Å². The number of phenolic OH excluding ortho intramolecular Hbond substituents is 1. The van der Waals surface area contributed by atoms with E-state index in [4.69, 9.17) is 17.3 Å². The Kier molecular flexibility index (Phi) is 5.22. The minimum Gasteiger partial charge on any atom is -0.507 e. The summed E-state index contributed by atoms with van der Waals surface area (Å²) in [6.45, 7) is 0.809. The molecule has 0 spiro atoms. The summed E-state index contributed by atoms with van der Waals surface area (Å²) < 4.78 is 30.0. The zero-order valence-corrected chi connectivity index (χ0v) is 17.4. The fourth-order valence-corrected chi connectivity index (χ4v) is 5.54. The van der Waals surface area contributed by atoms with Crippen molar-refractivity contribution in [1.82, 2.24) is 9.78 Å². The molecule has 0 unspecified atom stereocenters. The number of nitrogens with two attached hydrogens (primary N) is 1. The molecule has 0 saturated carbocycles. The molecular weight excluding hydrogens is 432 g/mol. The number of benzene rings is 2. The number of sulfonamides is 1. The number of anilines is 1. The Balaban J connectivity index is 1.77. The summed E-state index contributed by atoms with van der Waals surface area (Å²) in [5.74, 6) is -0.0102. The molecule has 4 rings (SSSR count). The van der Waals surface area contributed by atoms with Gasteiger partial charge in [-0.2, -0.15) is 5.10 Å². The summed E-state index contributed by atoms with van der Waals surface area (Å²) in [4.78, 5) is 0. The Morgan fingerprint density at radius 1 is 1.14 bits per heavy atom. The zero-order chi connectivity index (χ0) is 20.6. The van der Waals surface area contributed by atoms with E-state index in [0.29, 0.717) is 28.3 Å². The smallest absolute Gasteiger partial charge is 0.272 e. The van der Waals surface area contributed by atoms with E-state index >= 15 is 0 Å². The standard InChI is InChI=1S/C19H17ClN4O3S2/c20-16-7-8-17(28-16)29(26,27)23-19-18-14(5-2-6-15(18)25)24(22-19)11-13-4-1-3-12(9-13)10-21/h1-9,25H,10-11,21H2,(H,22,23). The van der Waals surface area contributed by atoms with Crippen LogP contribution in [0.2, 0.25) is 4.34 Å². The van der Waals surface area contributed by atoms with Gasteiger partial charge in [0, 0.05) is 6.54 Å². The van der Waals surface area contributed by atoms with Crippen LogP contribution in [-0.4, -0.2) is 23.3 Å². The zero-order valence-electron chi connectivity index (χ0n) is 15.0. The van der Waals surface area contributed by atoms with Gasteiger partial charge in [-0.25, -0.2) is 8.42 Å². The molecule has 4 N–H and O–H groups in total. The number of aromatic hydroxyl groups is 1. The quantitative estimate of drug-likeness (QED) is 0.416. The molecule has 0 atom stereocenters. The number of fused-ring (bicyclic) bond motifs is 1. The molecule has 0 radical (unpaired) electrons. The van der Waals surface area contributed by atoms with Gasteiger partial charge in [0.25, 0.3) is 10.0 Å². The molecule has 10 heteroatoms. The van der Waals surface area contributed by atoms with Gasteiger partial charge in [-0.15, -0.1) is 11.3 Å². The summed E-state index contributed by atoms with van der Waals surface area (Å²) in [5.41, 5.74) is 8.26. The third kappa shape index (κ3) is 3.95. The Morgan fingerprint density at radius 3 is 2.62 bits per heavy atom. The van der Waals surface area contributed by atoms with Crippen LogP contribution in [0.25, 0.3) is 10.9 Å². The van der Waals surface area contributed by atoms with E-state index in [9.17, 15) is 13.5 Å². The summed E-state index contributed by atoms with van der Waals surface area (Å²) in [5, 5.41) is 15.1. The first-order chi connectivity index (χ1) is 13.9. The Bertz CT molecular complexity index is 1300. The van der Waals surface area contributed by atoms with E-state index in [-0.39, 0.29) is 15.8 Å². The number of nitrogens with one attached hydrogen (secondary N) is 1. The lowest BCUT2D eigenvalue weighted by atomic mass is 10.1. The fraction of sp³-hybridized carbons (Fsp3) is 0.105. The third-order valence-corrected chi connectivity index (χ3v) is 7.42. The molecule has 0 aliphatic carbocycles. The maximum absolute atomic E-state index is 12.7.